The first kappa shape index (κ1) is 21.3. The van der Waals surface area contributed by atoms with Crippen molar-refractivity contribution in [2.75, 3.05) is 13.1 Å². The van der Waals surface area contributed by atoms with Crippen LogP contribution in [-0.4, -0.2) is 30.7 Å². The molecule has 5 heteroatoms. The minimum Gasteiger partial charge on any atom is -0.444 e. The summed E-state index contributed by atoms with van der Waals surface area (Å²) < 4.78 is 5.21. The quantitative estimate of drug-likeness (QED) is 0.732. The van der Waals surface area contributed by atoms with Gasteiger partial charge in [0.15, 0.2) is 0 Å². The van der Waals surface area contributed by atoms with Crippen LogP contribution in [0.2, 0.25) is 0 Å². The van der Waals surface area contributed by atoms with E-state index in [4.69, 9.17) is 4.74 Å². The van der Waals surface area contributed by atoms with E-state index in [0.29, 0.717) is 19.5 Å². The van der Waals surface area contributed by atoms with Gasteiger partial charge in [0.25, 0.3) is 0 Å². The molecule has 0 aromatic heterocycles. The Kier molecular flexibility index (Phi) is 7.28. The second kappa shape index (κ2) is 9.25. The minimum atomic E-state index is -0.501. The molecule has 150 valence electrons. The highest BCUT2D eigenvalue weighted by Crippen LogP contribution is 2.41. The third kappa shape index (κ3) is 5.98. The summed E-state index contributed by atoms with van der Waals surface area (Å²) in [4.78, 5) is 24.8. The Morgan fingerprint density at radius 2 is 1.67 bits per heavy atom. The Balaban J connectivity index is 1.89. The Labute approximate surface area is 163 Å². The van der Waals surface area contributed by atoms with Crippen LogP contribution in [0.5, 0.6) is 0 Å². The SMILES string of the molecule is Cc1ccccc1C1(C(=O)NCCCNC(=O)OC(C)(C)C)CCCCC1. The van der Waals surface area contributed by atoms with Gasteiger partial charge in [0.2, 0.25) is 5.91 Å². The predicted octanol–water partition coefficient (Wildman–Crippen LogP) is 4.23. The number of carbonyl (C=O) groups is 2. The zero-order valence-corrected chi connectivity index (χ0v) is 17.2. The number of ether oxygens (including phenoxy) is 1. The molecule has 2 amide bonds. The van der Waals surface area contributed by atoms with Crippen LogP contribution in [0.4, 0.5) is 4.79 Å². The molecule has 2 N–H and O–H groups in total. The highest BCUT2D eigenvalue weighted by molar-refractivity contribution is 5.88. The minimum absolute atomic E-state index is 0.119. The number of amides is 2. The van der Waals surface area contributed by atoms with Gasteiger partial charge in [-0.05, 0) is 58.1 Å². The summed E-state index contributed by atoms with van der Waals surface area (Å²) >= 11 is 0. The maximum Gasteiger partial charge on any atom is 0.407 e. The molecule has 0 saturated heterocycles. The second-order valence-corrected chi connectivity index (χ2v) is 8.50. The lowest BCUT2D eigenvalue weighted by molar-refractivity contribution is -0.128. The Bertz CT molecular complexity index is 643. The summed E-state index contributed by atoms with van der Waals surface area (Å²) in [5, 5.41) is 5.84. The van der Waals surface area contributed by atoms with Gasteiger partial charge in [-0.3, -0.25) is 4.79 Å². The largest absolute Gasteiger partial charge is 0.444 e. The van der Waals surface area contributed by atoms with E-state index in [1.807, 2.05) is 32.9 Å². The maximum absolute atomic E-state index is 13.1. The van der Waals surface area contributed by atoms with Crippen LogP contribution in [0.3, 0.4) is 0 Å². The van der Waals surface area contributed by atoms with Crippen molar-refractivity contribution >= 4 is 12.0 Å². The number of aryl methyl sites for hydroxylation is 1. The Morgan fingerprint density at radius 1 is 1.04 bits per heavy atom. The van der Waals surface area contributed by atoms with Gasteiger partial charge in [0, 0.05) is 13.1 Å². The van der Waals surface area contributed by atoms with Crippen molar-refractivity contribution in [1.82, 2.24) is 10.6 Å². The fraction of sp³-hybridized carbons (Fsp3) is 0.636. The molecular formula is C22H34N2O3. The van der Waals surface area contributed by atoms with Gasteiger partial charge in [0.05, 0.1) is 5.41 Å². The van der Waals surface area contributed by atoms with Gasteiger partial charge in [0.1, 0.15) is 5.60 Å². The third-order valence-corrected chi connectivity index (χ3v) is 5.11. The maximum atomic E-state index is 13.1. The molecule has 1 aliphatic rings. The van der Waals surface area contributed by atoms with Crippen molar-refractivity contribution in [2.45, 2.75) is 77.2 Å². The molecule has 1 saturated carbocycles. The molecule has 0 heterocycles. The van der Waals surface area contributed by atoms with Crippen molar-refractivity contribution in [2.24, 2.45) is 0 Å². The van der Waals surface area contributed by atoms with Gasteiger partial charge >= 0.3 is 6.09 Å². The fourth-order valence-electron chi connectivity index (χ4n) is 3.85. The van der Waals surface area contributed by atoms with Gasteiger partial charge in [-0.15, -0.1) is 0 Å². The Hall–Kier alpha value is -2.04. The number of hydrogen-bond donors (Lipinski definition) is 2. The lowest BCUT2D eigenvalue weighted by Gasteiger charge is -2.37. The van der Waals surface area contributed by atoms with Crippen LogP contribution >= 0.6 is 0 Å². The van der Waals surface area contributed by atoms with E-state index in [9.17, 15) is 9.59 Å². The zero-order valence-electron chi connectivity index (χ0n) is 17.2. The molecule has 1 aromatic carbocycles. The van der Waals surface area contributed by atoms with Crippen molar-refractivity contribution in [3.8, 4) is 0 Å². The average Bonchev–Trinajstić information content (AvgIpc) is 2.60. The molecule has 2 rings (SSSR count). The van der Waals surface area contributed by atoms with Gasteiger partial charge in [-0.1, -0.05) is 43.5 Å². The molecule has 0 atom stereocenters. The van der Waals surface area contributed by atoms with Crippen molar-refractivity contribution in [3.63, 3.8) is 0 Å². The van der Waals surface area contributed by atoms with E-state index >= 15 is 0 Å². The van der Waals surface area contributed by atoms with E-state index < -0.39 is 17.1 Å². The van der Waals surface area contributed by atoms with E-state index in [2.05, 4.69) is 29.7 Å². The molecule has 1 aliphatic carbocycles. The lowest BCUT2D eigenvalue weighted by Crippen LogP contribution is -2.46. The van der Waals surface area contributed by atoms with E-state index in [-0.39, 0.29) is 5.91 Å². The monoisotopic (exact) mass is 374 g/mol. The molecule has 0 radical (unpaired) electrons. The molecule has 1 aromatic rings. The smallest absolute Gasteiger partial charge is 0.407 e. The summed E-state index contributed by atoms with van der Waals surface area (Å²) in [5.74, 6) is 0.119. The Morgan fingerprint density at radius 3 is 2.30 bits per heavy atom. The molecule has 0 bridgehead atoms. The molecule has 0 unspecified atom stereocenters. The molecule has 0 aliphatic heterocycles. The first-order valence-electron chi connectivity index (χ1n) is 10.1. The number of nitrogens with one attached hydrogen (secondary N) is 2. The lowest BCUT2D eigenvalue weighted by atomic mass is 9.67. The zero-order chi connectivity index (χ0) is 19.9. The first-order valence-corrected chi connectivity index (χ1v) is 10.1. The normalized spacial score (nSPS) is 16.4. The standard InChI is InChI=1S/C22H34N2O3/c1-17-11-6-7-12-18(17)22(13-8-5-9-14-22)19(25)23-15-10-16-24-20(26)27-21(2,3)4/h6-7,11-12H,5,8-10,13-16H2,1-4H3,(H,23,25)(H,24,26). The summed E-state index contributed by atoms with van der Waals surface area (Å²) in [5.41, 5.74) is 1.43. The average molecular weight is 375 g/mol. The molecular weight excluding hydrogens is 340 g/mol. The van der Waals surface area contributed by atoms with E-state index in [0.717, 1.165) is 31.2 Å². The predicted molar refractivity (Wildman–Crippen MR) is 108 cm³/mol. The van der Waals surface area contributed by atoms with Crippen molar-refractivity contribution < 1.29 is 14.3 Å². The van der Waals surface area contributed by atoms with Gasteiger partial charge < -0.3 is 15.4 Å². The molecule has 1 fully saturated rings. The van der Waals surface area contributed by atoms with Gasteiger partial charge in [-0.25, -0.2) is 4.79 Å². The van der Waals surface area contributed by atoms with Crippen molar-refractivity contribution in [3.05, 3.63) is 35.4 Å². The van der Waals surface area contributed by atoms with E-state index in [1.54, 1.807) is 0 Å². The van der Waals surface area contributed by atoms with Crippen LogP contribution in [0, 0.1) is 6.92 Å². The van der Waals surface area contributed by atoms with Crippen LogP contribution in [0.1, 0.15) is 70.4 Å². The summed E-state index contributed by atoms with van der Waals surface area (Å²) in [6, 6.07) is 8.24. The van der Waals surface area contributed by atoms with Crippen LogP contribution < -0.4 is 10.6 Å². The number of rotatable bonds is 6. The topological polar surface area (TPSA) is 67.4 Å². The number of carbonyl (C=O) groups excluding carboxylic acids is 2. The summed E-state index contributed by atoms with van der Waals surface area (Å²) in [6.07, 6.45) is 5.43. The number of alkyl carbamates (subject to hydrolysis) is 1. The molecule has 27 heavy (non-hydrogen) atoms. The summed E-state index contributed by atoms with van der Waals surface area (Å²) in [7, 11) is 0. The van der Waals surface area contributed by atoms with Crippen LogP contribution in [-0.2, 0) is 14.9 Å². The highest BCUT2D eigenvalue weighted by Gasteiger charge is 2.41. The summed E-state index contributed by atoms with van der Waals surface area (Å²) in [6.45, 7) is 8.62. The van der Waals surface area contributed by atoms with Gasteiger partial charge in [-0.2, -0.15) is 0 Å². The van der Waals surface area contributed by atoms with Crippen molar-refractivity contribution in [1.29, 1.82) is 0 Å². The third-order valence-electron chi connectivity index (χ3n) is 5.11. The number of benzene rings is 1. The van der Waals surface area contributed by atoms with Crippen LogP contribution in [0.15, 0.2) is 24.3 Å². The highest BCUT2D eigenvalue weighted by atomic mass is 16.6. The fourth-order valence-corrected chi connectivity index (χ4v) is 3.85. The second-order valence-electron chi connectivity index (χ2n) is 8.50. The van der Waals surface area contributed by atoms with E-state index in [1.165, 1.54) is 12.0 Å². The number of hydrogen-bond acceptors (Lipinski definition) is 3. The van der Waals surface area contributed by atoms with Crippen LogP contribution in [0.25, 0.3) is 0 Å². The molecule has 5 nitrogen and oxygen atoms in total. The molecule has 0 spiro atoms. The first-order chi connectivity index (χ1) is 12.7.